The van der Waals surface area contributed by atoms with E-state index in [1.165, 1.54) is 48.8 Å². The van der Waals surface area contributed by atoms with E-state index in [4.69, 9.17) is 16.3 Å². The van der Waals surface area contributed by atoms with Gasteiger partial charge >= 0.3 is 5.97 Å². The van der Waals surface area contributed by atoms with E-state index in [1.807, 2.05) is 0 Å². The van der Waals surface area contributed by atoms with Gasteiger partial charge in [0, 0.05) is 17.6 Å². The Labute approximate surface area is 228 Å². The van der Waals surface area contributed by atoms with Crippen molar-refractivity contribution in [2.24, 2.45) is 0 Å². The molecule has 2 aromatic carbocycles. The minimum atomic E-state index is -4.25. The van der Waals surface area contributed by atoms with E-state index in [9.17, 15) is 22.4 Å². The van der Waals surface area contributed by atoms with Gasteiger partial charge in [0.1, 0.15) is 11.9 Å². The quantitative estimate of drug-likeness (QED) is 0.274. The molecule has 1 atom stereocenters. The molecule has 2 N–H and O–H groups in total. The predicted octanol–water partition coefficient (Wildman–Crippen LogP) is 4.56. The van der Waals surface area contributed by atoms with Crippen molar-refractivity contribution in [1.29, 1.82) is 0 Å². The van der Waals surface area contributed by atoms with Crippen molar-refractivity contribution in [2.45, 2.75) is 17.5 Å². The molecule has 0 aliphatic rings. The zero-order valence-electron chi connectivity index (χ0n) is 18.9. The van der Waals surface area contributed by atoms with Crippen molar-refractivity contribution in [3.05, 3.63) is 81.3 Å². The number of rotatable bonds is 8. The third-order valence-electron chi connectivity index (χ3n) is 5.19. The Bertz CT molecular complexity index is 1620. The summed E-state index contributed by atoms with van der Waals surface area (Å²) >= 11 is 10.3. The third kappa shape index (κ3) is 6.06. The number of hydrogen-bond donors (Lipinski definition) is 2. The number of methoxy groups -OCH3 is 1. The number of aromatic nitrogens is 2. The van der Waals surface area contributed by atoms with E-state index < -0.39 is 33.8 Å². The lowest BCUT2D eigenvalue weighted by Crippen LogP contribution is -2.43. The Hall–Kier alpha value is -3.13. The normalized spacial score (nSPS) is 12.2. The van der Waals surface area contributed by atoms with Crippen molar-refractivity contribution in [1.82, 2.24) is 14.7 Å². The molecule has 0 unspecified atom stereocenters. The van der Waals surface area contributed by atoms with Crippen molar-refractivity contribution < 1.29 is 27.1 Å². The summed E-state index contributed by atoms with van der Waals surface area (Å²) in [5.74, 6) is -2.00. The van der Waals surface area contributed by atoms with Crippen LogP contribution in [-0.4, -0.2) is 42.8 Å². The van der Waals surface area contributed by atoms with Gasteiger partial charge in [0.05, 0.1) is 39.1 Å². The third-order valence-corrected chi connectivity index (χ3v) is 8.12. The number of carbonyl (C=O) groups is 2. The Morgan fingerprint density at radius 2 is 2.00 bits per heavy atom. The maximum atomic E-state index is 13.6. The molecule has 1 amide bonds. The second kappa shape index (κ2) is 11.1. The fourth-order valence-corrected chi connectivity index (χ4v) is 5.96. The molecule has 4 aromatic rings. The van der Waals surface area contributed by atoms with Crippen LogP contribution in [0.1, 0.15) is 15.9 Å². The topological polar surface area (TPSA) is 127 Å². The molecule has 37 heavy (non-hydrogen) atoms. The van der Waals surface area contributed by atoms with Crippen LogP contribution in [0.15, 0.2) is 64.4 Å². The maximum Gasteiger partial charge on any atom is 0.328 e. The summed E-state index contributed by atoms with van der Waals surface area (Å²) in [5, 5.41) is 2.78. The molecule has 9 nitrogen and oxygen atoms in total. The van der Waals surface area contributed by atoms with Gasteiger partial charge in [-0.25, -0.2) is 14.2 Å². The van der Waals surface area contributed by atoms with Crippen molar-refractivity contribution in [3.8, 4) is 0 Å². The second-order valence-electron chi connectivity index (χ2n) is 7.65. The first-order chi connectivity index (χ1) is 17.6. The van der Waals surface area contributed by atoms with Gasteiger partial charge in [-0.05, 0) is 69.4 Å². The summed E-state index contributed by atoms with van der Waals surface area (Å²) in [4.78, 5) is 29.6. The number of amides is 1. The highest BCUT2D eigenvalue weighted by Gasteiger charge is 2.27. The van der Waals surface area contributed by atoms with Gasteiger partial charge in [0.25, 0.3) is 15.9 Å². The van der Waals surface area contributed by atoms with Crippen LogP contribution in [0.2, 0.25) is 5.02 Å². The van der Waals surface area contributed by atoms with Crippen LogP contribution in [0.5, 0.6) is 0 Å². The molecule has 0 saturated heterocycles. The molecule has 0 bridgehead atoms. The maximum absolute atomic E-state index is 13.6. The van der Waals surface area contributed by atoms with Gasteiger partial charge < -0.3 is 10.1 Å². The monoisotopic (exact) mass is 626 g/mol. The van der Waals surface area contributed by atoms with E-state index in [0.29, 0.717) is 15.6 Å². The lowest BCUT2D eigenvalue weighted by molar-refractivity contribution is -0.142. The molecule has 0 fully saturated rings. The molecular formula is C23H17BrClFN4O5S2. The standard InChI is InChI=1S/C23H17BrClFN4O5S2/c1-35-23(32)19(9-12-2-5-17(26)16(24)8-12)29-21(31)14-4-3-13(25)10-18(14)30-37(33,34)22-15-11-28-36-20(15)6-7-27-22/h2-8,10-11,19,30H,9H2,1H3,(H,29,31)/t19-/m0/s1. The van der Waals surface area contributed by atoms with E-state index in [2.05, 4.69) is 35.3 Å². The zero-order valence-corrected chi connectivity index (χ0v) is 22.8. The highest BCUT2D eigenvalue weighted by molar-refractivity contribution is 9.10. The molecule has 0 saturated carbocycles. The molecule has 0 aliphatic carbocycles. The lowest BCUT2D eigenvalue weighted by Gasteiger charge is -2.19. The van der Waals surface area contributed by atoms with E-state index in [-0.39, 0.29) is 32.2 Å². The van der Waals surface area contributed by atoms with Crippen LogP contribution in [0.4, 0.5) is 10.1 Å². The molecule has 4 rings (SSSR count). The number of fused-ring (bicyclic) bond motifs is 1. The largest absolute Gasteiger partial charge is 0.467 e. The number of pyridine rings is 1. The van der Waals surface area contributed by atoms with Crippen molar-refractivity contribution in [2.75, 3.05) is 11.8 Å². The van der Waals surface area contributed by atoms with Gasteiger partial charge in [0.15, 0.2) is 5.03 Å². The minimum Gasteiger partial charge on any atom is -0.467 e. The molecule has 0 aliphatic heterocycles. The van der Waals surface area contributed by atoms with Gasteiger partial charge in [-0.1, -0.05) is 17.7 Å². The molecular weight excluding hydrogens is 611 g/mol. The van der Waals surface area contributed by atoms with Gasteiger partial charge in [-0.2, -0.15) is 12.8 Å². The summed E-state index contributed by atoms with van der Waals surface area (Å²) in [6.07, 6.45) is 2.72. The molecule has 192 valence electrons. The van der Waals surface area contributed by atoms with Crippen LogP contribution in [0.3, 0.4) is 0 Å². The van der Waals surface area contributed by atoms with Crippen LogP contribution in [0, 0.1) is 5.82 Å². The van der Waals surface area contributed by atoms with Crippen molar-refractivity contribution in [3.63, 3.8) is 0 Å². The number of nitrogens with zero attached hydrogens (tertiary/aromatic N) is 2. The Morgan fingerprint density at radius 1 is 1.22 bits per heavy atom. The number of ether oxygens (including phenoxy) is 1. The van der Waals surface area contributed by atoms with Gasteiger partial charge in [-0.15, -0.1) is 0 Å². The average molecular weight is 628 g/mol. The van der Waals surface area contributed by atoms with Crippen LogP contribution in [0.25, 0.3) is 10.1 Å². The number of sulfonamides is 1. The van der Waals surface area contributed by atoms with E-state index >= 15 is 0 Å². The lowest BCUT2D eigenvalue weighted by atomic mass is 10.0. The summed E-state index contributed by atoms with van der Waals surface area (Å²) < 4.78 is 52.0. The minimum absolute atomic E-state index is 0.0109. The van der Waals surface area contributed by atoms with Crippen molar-refractivity contribution >= 4 is 76.7 Å². The van der Waals surface area contributed by atoms with Gasteiger partial charge in [-0.3, -0.25) is 9.52 Å². The number of benzene rings is 2. The predicted molar refractivity (Wildman–Crippen MR) is 141 cm³/mol. The van der Waals surface area contributed by atoms with Crippen LogP contribution < -0.4 is 10.0 Å². The number of halogens is 3. The average Bonchev–Trinajstić information content (AvgIpc) is 3.34. The fraction of sp³-hybridized carbons (Fsp3) is 0.130. The highest BCUT2D eigenvalue weighted by atomic mass is 79.9. The summed E-state index contributed by atoms with van der Waals surface area (Å²) in [5.41, 5.74) is 0.322. The SMILES string of the molecule is COC(=O)[C@H](Cc1ccc(F)c(Br)c1)NC(=O)c1ccc(Cl)cc1NS(=O)(=O)c1nccc2sncc12. The number of nitrogens with one attached hydrogen (secondary N) is 2. The molecule has 14 heteroatoms. The molecule has 2 aromatic heterocycles. The van der Waals surface area contributed by atoms with Crippen LogP contribution in [-0.2, 0) is 26.0 Å². The van der Waals surface area contributed by atoms with Gasteiger partial charge in [0.2, 0.25) is 0 Å². The smallest absolute Gasteiger partial charge is 0.328 e. The Kier molecular flexibility index (Phi) is 8.07. The first-order valence-corrected chi connectivity index (χ1v) is 13.9. The Balaban J connectivity index is 1.63. The second-order valence-corrected chi connectivity index (χ2v) is 11.4. The van der Waals surface area contributed by atoms with E-state index in [1.54, 1.807) is 6.07 Å². The summed E-state index contributed by atoms with van der Waals surface area (Å²) in [7, 11) is -3.09. The Morgan fingerprint density at radius 3 is 2.73 bits per heavy atom. The molecule has 0 radical (unpaired) electrons. The summed E-state index contributed by atoms with van der Waals surface area (Å²) in [6, 6.07) is 8.64. The fourth-order valence-electron chi connectivity index (χ4n) is 3.45. The molecule has 2 heterocycles. The van der Waals surface area contributed by atoms with Crippen LogP contribution >= 0.6 is 39.1 Å². The number of hydrogen-bond acceptors (Lipinski definition) is 8. The number of anilines is 1. The molecule has 0 spiro atoms. The van der Waals surface area contributed by atoms with E-state index in [0.717, 1.165) is 18.6 Å². The zero-order chi connectivity index (χ0) is 26.7. The summed E-state index contributed by atoms with van der Waals surface area (Å²) in [6.45, 7) is 0. The number of esters is 1. The number of carbonyl (C=O) groups excluding carboxylic acids is 2. The first-order valence-electron chi connectivity index (χ1n) is 10.4. The highest BCUT2D eigenvalue weighted by Crippen LogP contribution is 2.28. The first kappa shape index (κ1) is 26.9.